The van der Waals surface area contributed by atoms with Crippen molar-refractivity contribution in [1.82, 2.24) is 4.98 Å². The van der Waals surface area contributed by atoms with E-state index in [1.807, 2.05) is 0 Å². The minimum absolute atomic E-state index is 0.00118. The summed E-state index contributed by atoms with van der Waals surface area (Å²) < 4.78 is 25.9. The smallest absolute Gasteiger partial charge is 0.135 e. The van der Waals surface area contributed by atoms with E-state index in [-0.39, 0.29) is 11.3 Å². The van der Waals surface area contributed by atoms with E-state index in [9.17, 15) is 8.78 Å². The standard InChI is InChI=1S/C11H7F2NO/c12-7-1-3-9(10(13)5-7)11-4-2-8(15)6-14-11/h1-6,15H. The van der Waals surface area contributed by atoms with Crippen LogP contribution in [0.1, 0.15) is 0 Å². The summed E-state index contributed by atoms with van der Waals surface area (Å²) in [7, 11) is 0. The van der Waals surface area contributed by atoms with E-state index in [0.29, 0.717) is 5.69 Å². The summed E-state index contributed by atoms with van der Waals surface area (Å²) in [6.45, 7) is 0. The molecule has 1 aromatic carbocycles. The van der Waals surface area contributed by atoms with Crippen LogP contribution in [0.15, 0.2) is 36.5 Å². The maximum absolute atomic E-state index is 13.3. The minimum atomic E-state index is -0.673. The van der Waals surface area contributed by atoms with Gasteiger partial charge in [0.15, 0.2) is 0 Å². The van der Waals surface area contributed by atoms with E-state index >= 15 is 0 Å². The van der Waals surface area contributed by atoms with Gasteiger partial charge in [-0.2, -0.15) is 0 Å². The Bertz CT molecular complexity index is 482. The highest BCUT2D eigenvalue weighted by Gasteiger charge is 2.07. The number of benzene rings is 1. The molecule has 15 heavy (non-hydrogen) atoms. The third kappa shape index (κ3) is 1.93. The molecule has 76 valence electrons. The fourth-order valence-corrected chi connectivity index (χ4v) is 1.24. The predicted molar refractivity (Wildman–Crippen MR) is 51.3 cm³/mol. The zero-order chi connectivity index (χ0) is 10.8. The molecule has 0 saturated heterocycles. The van der Waals surface area contributed by atoms with Gasteiger partial charge in [0, 0.05) is 11.6 Å². The number of hydrogen-bond acceptors (Lipinski definition) is 2. The molecule has 0 spiro atoms. The molecule has 0 fully saturated rings. The highest BCUT2D eigenvalue weighted by atomic mass is 19.1. The van der Waals surface area contributed by atoms with Crippen LogP contribution in [0.2, 0.25) is 0 Å². The molecule has 4 heteroatoms. The van der Waals surface area contributed by atoms with Gasteiger partial charge in [-0.3, -0.25) is 4.98 Å². The van der Waals surface area contributed by atoms with Gasteiger partial charge >= 0.3 is 0 Å². The molecule has 0 radical (unpaired) electrons. The van der Waals surface area contributed by atoms with E-state index < -0.39 is 11.6 Å². The van der Waals surface area contributed by atoms with Crippen LogP contribution >= 0.6 is 0 Å². The van der Waals surface area contributed by atoms with Crippen LogP contribution in [0.25, 0.3) is 11.3 Å². The summed E-state index contributed by atoms with van der Waals surface area (Å²) in [4.78, 5) is 3.83. The van der Waals surface area contributed by atoms with Crippen LogP contribution < -0.4 is 0 Å². The van der Waals surface area contributed by atoms with Crippen molar-refractivity contribution >= 4 is 0 Å². The number of aromatic hydroxyl groups is 1. The zero-order valence-corrected chi connectivity index (χ0v) is 7.61. The molecule has 0 bridgehead atoms. The molecule has 0 aliphatic heterocycles. The van der Waals surface area contributed by atoms with Crippen LogP contribution in [-0.2, 0) is 0 Å². The Morgan fingerprint density at radius 2 is 1.87 bits per heavy atom. The summed E-state index contributed by atoms with van der Waals surface area (Å²) in [5, 5.41) is 9.00. The lowest BCUT2D eigenvalue weighted by Gasteiger charge is -2.02. The first-order valence-corrected chi connectivity index (χ1v) is 4.27. The third-order valence-corrected chi connectivity index (χ3v) is 1.95. The van der Waals surface area contributed by atoms with Crippen molar-refractivity contribution in [3.05, 3.63) is 48.2 Å². The normalized spacial score (nSPS) is 10.3. The summed E-state index contributed by atoms with van der Waals surface area (Å²) >= 11 is 0. The van der Waals surface area contributed by atoms with Gasteiger partial charge < -0.3 is 5.11 Å². The molecular weight excluding hydrogens is 200 g/mol. The number of aromatic nitrogens is 1. The maximum Gasteiger partial charge on any atom is 0.135 e. The fourth-order valence-electron chi connectivity index (χ4n) is 1.24. The molecule has 0 unspecified atom stereocenters. The zero-order valence-electron chi connectivity index (χ0n) is 7.61. The monoisotopic (exact) mass is 207 g/mol. The van der Waals surface area contributed by atoms with Crippen molar-refractivity contribution < 1.29 is 13.9 Å². The van der Waals surface area contributed by atoms with E-state index in [1.54, 1.807) is 0 Å². The van der Waals surface area contributed by atoms with E-state index in [0.717, 1.165) is 12.1 Å². The van der Waals surface area contributed by atoms with Crippen molar-refractivity contribution in [2.24, 2.45) is 0 Å². The number of pyridine rings is 1. The maximum atomic E-state index is 13.3. The molecule has 0 atom stereocenters. The largest absolute Gasteiger partial charge is 0.506 e. The molecule has 0 aliphatic carbocycles. The summed E-state index contributed by atoms with van der Waals surface area (Å²) in [6.07, 6.45) is 1.21. The average molecular weight is 207 g/mol. The van der Waals surface area contributed by atoms with Crippen LogP contribution in [0.5, 0.6) is 5.75 Å². The van der Waals surface area contributed by atoms with E-state index in [4.69, 9.17) is 5.11 Å². The first-order valence-electron chi connectivity index (χ1n) is 4.27. The van der Waals surface area contributed by atoms with Crippen molar-refractivity contribution in [3.63, 3.8) is 0 Å². The van der Waals surface area contributed by atoms with E-state index in [1.165, 1.54) is 24.4 Å². The second kappa shape index (κ2) is 3.65. The quantitative estimate of drug-likeness (QED) is 0.779. The van der Waals surface area contributed by atoms with Gasteiger partial charge in [0.1, 0.15) is 17.4 Å². The van der Waals surface area contributed by atoms with Crippen LogP contribution in [0.3, 0.4) is 0 Å². The fraction of sp³-hybridized carbons (Fsp3) is 0. The highest BCUT2D eigenvalue weighted by Crippen LogP contribution is 2.22. The molecule has 0 aliphatic rings. The van der Waals surface area contributed by atoms with Crippen molar-refractivity contribution in [2.75, 3.05) is 0 Å². The first kappa shape index (κ1) is 9.58. The van der Waals surface area contributed by atoms with E-state index in [2.05, 4.69) is 4.98 Å². The van der Waals surface area contributed by atoms with Gasteiger partial charge in [0.25, 0.3) is 0 Å². The number of hydrogen-bond donors (Lipinski definition) is 1. The molecule has 1 aromatic heterocycles. The van der Waals surface area contributed by atoms with Crippen LogP contribution in [-0.4, -0.2) is 10.1 Å². The molecule has 1 heterocycles. The lowest BCUT2D eigenvalue weighted by atomic mass is 10.1. The lowest BCUT2D eigenvalue weighted by Crippen LogP contribution is -1.88. The van der Waals surface area contributed by atoms with Crippen molar-refractivity contribution in [3.8, 4) is 17.0 Å². The van der Waals surface area contributed by atoms with Gasteiger partial charge in [-0.15, -0.1) is 0 Å². The Kier molecular flexibility index (Phi) is 2.33. The lowest BCUT2D eigenvalue weighted by molar-refractivity contribution is 0.473. The number of nitrogens with zero attached hydrogens (tertiary/aromatic N) is 1. The molecule has 1 N–H and O–H groups in total. The highest BCUT2D eigenvalue weighted by molar-refractivity contribution is 5.60. The second-order valence-electron chi connectivity index (χ2n) is 3.03. The Morgan fingerprint density at radius 3 is 2.47 bits per heavy atom. The molecule has 2 aromatic rings. The van der Waals surface area contributed by atoms with Gasteiger partial charge in [-0.05, 0) is 24.3 Å². The van der Waals surface area contributed by atoms with Crippen LogP contribution in [0, 0.1) is 11.6 Å². The molecule has 0 amide bonds. The molecule has 0 saturated carbocycles. The van der Waals surface area contributed by atoms with Gasteiger partial charge in [-0.1, -0.05) is 0 Å². The summed E-state index contributed by atoms with van der Waals surface area (Å²) in [6, 6.07) is 6.12. The van der Waals surface area contributed by atoms with Crippen LogP contribution in [0.4, 0.5) is 8.78 Å². The molecule has 2 nitrogen and oxygen atoms in total. The number of rotatable bonds is 1. The minimum Gasteiger partial charge on any atom is -0.506 e. The predicted octanol–water partition coefficient (Wildman–Crippen LogP) is 2.73. The Morgan fingerprint density at radius 1 is 1.07 bits per heavy atom. The average Bonchev–Trinajstić information content (AvgIpc) is 2.20. The van der Waals surface area contributed by atoms with Gasteiger partial charge in [0.05, 0.1) is 11.9 Å². The summed E-state index contributed by atoms with van der Waals surface area (Å²) in [5.41, 5.74) is 0.557. The second-order valence-corrected chi connectivity index (χ2v) is 3.03. The Labute approximate surface area is 84.8 Å². The Hall–Kier alpha value is -1.97. The first-order chi connectivity index (χ1) is 7.16. The molecule has 2 rings (SSSR count). The molecular formula is C11H7F2NO. The third-order valence-electron chi connectivity index (χ3n) is 1.95. The van der Waals surface area contributed by atoms with Crippen molar-refractivity contribution in [1.29, 1.82) is 0 Å². The topological polar surface area (TPSA) is 33.1 Å². The van der Waals surface area contributed by atoms with Crippen molar-refractivity contribution in [2.45, 2.75) is 0 Å². The van der Waals surface area contributed by atoms with Gasteiger partial charge in [0.2, 0.25) is 0 Å². The SMILES string of the molecule is Oc1ccc(-c2ccc(F)cc2F)nc1. The summed E-state index contributed by atoms with van der Waals surface area (Å²) in [5.74, 6) is -1.30. The van der Waals surface area contributed by atoms with Gasteiger partial charge in [-0.25, -0.2) is 8.78 Å². The Balaban J connectivity index is 2.49. The number of halogens is 2.